The number of rotatable bonds is 5. The first-order valence-electron chi connectivity index (χ1n) is 6.62. The van der Waals surface area contributed by atoms with Gasteiger partial charge in [-0.05, 0) is 29.8 Å². The Hall–Kier alpha value is -2.88. The fourth-order valence-corrected chi connectivity index (χ4v) is 2.34. The molecule has 1 aromatic carbocycles. The van der Waals surface area contributed by atoms with E-state index in [1.54, 1.807) is 12.4 Å². The monoisotopic (exact) mass is 278 g/mol. The van der Waals surface area contributed by atoms with E-state index in [0.717, 1.165) is 16.9 Å². The Labute approximate surface area is 122 Å². The molecule has 4 heteroatoms. The Morgan fingerprint density at radius 3 is 2.62 bits per heavy atom. The van der Waals surface area contributed by atoms with Crippen LogP contribution in [-0.2, 0) is 9.53 Å². The number of aromatic nitrogens is 2. The summed E-state index contributed by atoms with van der Waals surface area (Å²) in [6.45, 7) is 0.484. The van der Waals surface area contributed by atoms with E-state index in [9.17, 15) is 4.79 Å². The van der Waals surface area contributed by atoms with Crippen LogP contribution in [0.5, 0.6) is 0 Å². The Morgan fingerprint density at radius 2 is 1.90 bits per heavy atom. The predicted molar refractivity (Wildman–Crippen MR) is 79.0 cm³/mol. The van der Waals surface area contributed by atoms with E-state index < -0.39 is 6.10 Å². The molecule has 2 aromatic heterocycles. The number of pyridine rings is 1. The summed E-state index contributed by atoms with van der Waals surface area (Å²) < 4.78 is 7.28. The van der Waals surface area contributed by atoms with Gasteiger partial charge in [0.05, 0.1) is 17.6 Å². The van der Waals surface area contributed by atoms with E-state index in [1.807, 2.05) is 65.4 Å². The van der Waals surface area contributed by atoms with Crippen LogP contribution in [0.1, 0.15) is 17.4 Å². The van der Waals surface area contributed by atoms with Crippen molar-refractivity contribution in [2.24, 2.45) is 0 Å². The summed E-state index contributed by atoms with van der Waals surface area (Å²) in [4.78, 5) is 15.0. The van der Waals surface area contributed by atoms with Crippen LogP contribution in [0.15, 0.2) is 73.2 Å². The zero-order valence-corrected chi connectivity index (χ0v) is 11.3. The quantitative estimate of drug-likeness (QED) is 0.673. The van der Waals surface area contributed by atoms with Gasteiger partial charge in [0.25, 0.3) is 6.47 Å². The first-order chi connectivity index (χ1) is 10.4. The molecule has 0 saturated carbocycles. The number of carbonyl (C=O) groups excluding carboxylic acids is 1. The molecule has 0 aliphatic heterocycles. The van der Waals surface area contributed by atoms with Gasteiger partial charge in [-0.15, -0.1) is 0 Å². The molecule has 104 valence electrons. The highest BCUT2D eigenvalue weighted by atomic mass is 16.5. The van der Waals surface area contributed by atoms with Gasteiger partial charge in [0.1, 0.15) is 0 Å². The van der Waals surface area contributed by atoms with Gasteiger partial charge in [-0.3, -0.25) is 9.78 Å². The average Bonchev–Trinajstić information content (AvgIpc) is 3.03. The minimum absolute atomic E-state index is 0.445. The number of hydrogen-bond donors (Lipinski definition) is 0. The van der Waals surface area contributed by atoms with Crippen LogP contribution in [-0.4, -0.2) is 16.0 Å². The molecule has 2 heterocycles. The first kappa shape index (κ1) is 13.1. The summed E-state index contributed by atoms with van der Waals surface area (Å²) in [6.07, 6.45) is 4.98. The van der Waals surface area contributed by atoms with Crippen LogP contribution in [0.2, 0.25) is 0 Å². The summed E-state index contributed by atoms with van der Waals surface area (Å²) in [7, 11) is 0. The van der Waals surface area contributed by atoms with Gasteiger partial charge >= 0.3 is 0 Å². The molecule has 0 radical (unpaired) electrons. The third-order valence-corrected chi connectivity index (χ3v) is 3.27. The molecule has 0 fully saturated rings. The van der Waals surface area contributed by atoms with Crippen molar-refractivity contribution >= 4 is 6.47 Å². The fourth-order valence-electron chi connectivity index (χ4n) is 2.34. The summed E-state index contributed by atoms with van der Waals surface area (Å²) in [5.74, 6) is 0. The average molecular weight is 278 g/mol. The molecule has 0 spiro atoms. The number of carbonyl (C=O) groups is 1. The Bertz CT molecular complexity index is 708. The molecule has 1 unspecified atom stereocenters. The molecule has 3 aromatic rings. The fraction of sp³-hybridized carbons (Fsp3) is 0.0588. The van der Waals surface area contributed by atoms with Crippen molar-refractivity contribution in [3.8, 4) is 5.69 Å². The van der Waals surface area contributed by atoms with Crippen molar-refractivity contribution in [2.45, 2.75) is 6.10 Å². The first-order valence-corrected chi connectivity index (χ1v) is 6.62. The smallest absolute Gasteiger partial charge is 0.294 e. The van der Waals surface area contributed by atoms with E-state index in [2.05, 4.69) is 4.98 Å². The highest BCUT2D eigenvalue weighted by Crippen LogP contribution is 2.27. The van der Waals surface area contributed by atoms with Crippen molar-refractivity contribution in [2.75, 3.05) is 0 Å². The third kappa shape index (κ3) is 2.69. The van der Waals surface area contributed by atoms with Crippen LogP contribution in [0.25, 0.3) is 5.69 Å². The van der Waals surface area contributed by atoms with Crippen LogP contribution in [0.3, 0.4) is 0 Å². The van der Waals surface area contributed by atoms with Crippen molar-refractivity contribution in [1.29, 1.82) is 0 Å². The molecule has 0 aliphatic rings. The van der Waals surface area contributed by atoms with Gasteiger partial charge in [-0.1, -0.05) is 30.3 Å². The molecule has 0 N–H and O–H groups in total. The predicted octanol–water partition coefficient (Wildman–Crippen LogP) is 3.13. The van der Waals surface area contributed by atoms with Crippen molar-refractivity contribution in [1.82, 2.24) is 9.55 Å². The third-order valence-electron chi connectivity index (χ3n) is 3.27. The Balaban J connectivity index is 2.06. The molecule has 0 saturated heterocycles. The largest absolute Gasteiger partial charge is 0.453 e. The molecule has 0 bridgehead atoms. The Kier molecular flexibility index (Phi) is 3.78. The molecular formula is C17H14N2O2. The highest BCUT2D eigenvalue weighted by Gasteiger charge is 2.19. The molecule has 0 amide bonds. The lowest BCUT2D eigenvalue weighted by molar-refractivity contribution is -0.132. The van der Waals surface area contributed by atoms with Gasteiger partial charge in [-0.25, -0.2) is 0 Å². The van der Waals surface area contributed by atoms with Gasteiger partial charge in [0, 0.05) is 12.4 Å². The Morgan fingerprint density at radius 1 is 1.05 bits per heavy atom. The summed E-state index contributed by atoms with van der Waals surface area (Å²) in [5, 5.41) is 0. The van der Waals surface area contributed by atoms with Gasteiger partial charge in [0.15, 0.2) is 6.10 Å². The minimum Gasteiger partial charge on any atom is -0.453 e. The maximum atomic E-state index is 10.9. The van der Waals surface area contributed by atoms with Crippen molar-refractivity contribution < 1.29 is 9.53 Å². The highest BCUT2D eigenvalue weighted by molar-refractivity contribution is 5.42. The SMILES string of the molecule is O=COC(c1ccccc1)c1cccn1-c1cccnc1. The van der Waals surface area contributed by atoms with Crippen molar-refractivity contribution in [3.05, 3.63) is 84.4 Å². The minimum atomic E-state index is -0.445. The summed E-state index contributed by atoms with van der Waals surface area (Å²) in [5.41, 5.74) is 2.72. The zero-order valence-electron chi connectivity index (χ0n) is 11.3. The second-order valence-corrected chi connectivity index (χ2v) is 4.54. The molecular weight excluding hydrogens is 264 g/mol. The maximum Gasteiger partial charge on any atom is 0.294 e. The van der Waals surface area contributed by atoms with E-state index in [4.69, 9.17) is 4.74 Å². The number of benzene rings is 1. The van der Waals surface area contributed by atoms with Crippen molar-refractivity contribution in [3.63, 3.8) is 0 Å². The molecule has 0 aliphatic carbocycles. The second kappa shape index (κ2) is 6.05. The molecule has 1 atom stereocenters. The standard InChI is InChI=1S/C17H14N2O2/c20-13-21-17(14-6-2-1-3-7-14)16-9-5-11-19(16)15-8-4-10-18-12-15/h1-13,17H. The van der Waals surface area contributed by atoms with Gasteiger partial charge < -0.3 is 9.30 Å². The van der Waals surface area contributed by atoms with Crippen LogP contribution < -0.4 is 0 Å². The van der Waals surface area contributed by atoms with E-state index >= 15 is 0 Å². The lowest BCUT2D eigenvalue weighted by Crippen LogP contribution is -2.10. The lowest BCUT2D eigenvalue weighted by Gasteiger charge is -2.18. The topological polar surface area (TPSA) is 44.1 Å². The van der Waals surface area contributed by atoms with Crippen LogP contribution >= 0.6 is 0 Å². The van der Waals surface area contributed by atoms with Gasteiger partial charge in [-0.2, -0.15) is 0 Å². The normalized spacial score (nSPS) is 11.8. The molecule has 21 heavy (non-hydrogen) atoms. The number of nitrogens with zero attached hydrogens (tertiary/aromatic N) is 2. The summed E-state index contributed by atoms with van der Waals surface area (Å²) in [6, 6.07) is 17.4. The summed E-state index contributed by atoms with van der Waals surface area (Å²) >= 11 is 0. The molecule has 4 nitrogen and oxygen atoms in total. The van der Waals surface area contributed by atoms with Gasteiger partial charge in [0.2, 0.25) is 0 Å². The van der Waals surface area contributed by atoms with E-state index in [-0.39, 0.29) is 0 Å². The van der Waals surface area contributed by atoms with Crippen LogP contribution in [0, 0.1) is 0 Å². The zero-order chi connectivity index (χ0) is 14.5. The number of ether oxygens (including phenoxy) is 1. The van der Waals surface area contributed by atoms with Crippen LogP contribution in [0.4, 0.5) is 0 Å². The maximum absolute atomic E-state index is 10.9. The second-order valence-electron chi connectivity index (χ2n) is 4.54. The number of hydrogen-bond acceptors (Lipinski definition) is 3. The van der Waals surface area contributed by atoms with E-state index in [0.29, 0.717) is 6.47 Å². The lowest BCUT2D eigenvalue weighted by atomic mass is 10.1. The molecule has 3 rings (SSSR count). The van der Waals surface area contributed by atoms with E-state index in [1.165, 1.54) is 0 Å².